The van der Waals surface area contributed by atoms with Gasteiger partial charge in [-0.1, -0.05) is 227 Å². The van der Waals surface area contributed by atoms with Gasteiger partial charge in [0.05, 0.1) is 38.6 Å². The second-order valence-corrected chi connectivity index (χ2v) is 23.6. The first-order chi connectivity index (χ1) is 42.3. The Balaban J connectivity index is 1.49. The summed E-state index contributed by atoms with van der Waals surface area (Å²) in [5.41, 5.74) is 0. The first kappa shape index (κ1) is 78.2. The van der Waals surface area contributed by atoms with Gasteiger partial charge in [0.25, 0.3) is 0 Å². The Hall–Kier alpha value is -3.03. The molecule has 3 aliphatic heterocycles. The molecule has 17 atom stereocenters. The lowest BCUT2D eigenvalue weighted by Gasteiger charge is -2.48. The van der Waals surface area contributed by atoms with Gasteiger partial charge in [0.1, 0.15) is 73.2 Å². The topological polar surface area (TPSA) is 307 Å². The summed E-state index contributed by atoms with van der Waals surface area (Å²) >= 11 is 0. The van der Waals surface area contributed by atoms with Crippen LogP contribution in [0.4, 0.5) is 0 Å². The third kappa shape index (κ3) is 32.2. The number of amides is 1. The third-order valence-corrected chi connectivity index (χ3v) is 16.2. The fraction of sp³-hybridized carbons (Fsp3) is 0.779. The zero-order chi connectivity index (χ0) is 63.3. The maximum absolute atomic E-state index is 13.3. The highest BCUT2D eigenvalue weighted by Crippen LogP contribution is 2.33. The molecule has 3 aliphatic rings. The third-order valence-electron chi connectivity index (χ3n) is 16.2. The van der Waals surface area contributed by atoms with E-state index in [1.807, 2.05) is 18.2 Å². The van der Waals surface area contributed by atoms with E-state index in [-0.39, 0.29) is 18.9 Å². The SMILES string of the molecule is CC/C=C\C/C=C\C/C=C\C/C=C\C/C=C\C/C=C\CCC(=O)NC(COC1OC(CO)C(OC2OC(CO)C(OC3OC(CO)C(O)C(O)C3O)C(O)C2O)C(O)C1O)C(O)/C=C/CCCCCCCCCCCCCCCCCCCCCCC. The minimum absolute atomic E-state index is 0.114. The molecule has 0 radical (unpaired) electrons. The molecule has 502 valence electrons. The maximum atomic E-state index is 13.3. The summed E-state index contributed by atoms with van der Waals surface area (Å²) in [6.45, 7) is 1.56. The number of allylic oxidation sites excluding steroid dienone is 13. The molecule has 19 nitrogen and oxygen atoms in total. The summed E-state index contributed by atoms with van der Waals surface area (Å²) in [4.78, 5) is 13.3. The highest BCUT2D eigenvalue weighted by Gasteiger charge is 2.53. The zero-order valence-corrected chi connectivity index (χ0v) is 52.7. The predicted molar refractivity (Wildman–Crippen MR) is 337 cm³/mol. The van der Waals surface area contributed by atoms with E-state index in [9.17, 15) is 61.0 Å². The number of rotatable bonds is 49. The van der Waals surface area contributed by atoms with Crippen molar-refractivity contribution in [1.82, 2.24) is 5.32 Å². The first-order valence-electron chi connectivity index (χ1n) is 33.3. The van der Waals surface area contributed by atoms with Crippen molar-refractivity contribution in [2.75, 3.05) is 26.4 Å². The quantitative estimate of drug-likeness (QED) is 0.0203. The minimum Gasteiger partial charge on any atom is -0.394 e. The summed E-state index contributed by atoms with van der Waals surface area (Å²) < 4.78 is 34.3. The van der Waals surface area contributed by atoms with Crippen LogP contribution in [0.15, 0.2) is 85.1 Å². The summed E-state index contributed by atoms with van der Waals surface area (Å²) in [7, 11) is 0. The number of nitrogens with one attached hydrogen (secondary N) is 1. The molecule has 17 unspecified atom stereocenters. The Bertz CT molecular complexity index is 1910. The van der Waals surface area contributed by atoms with Crippen molar-refractivity contribution in [3.05, 3.63) is 85.1 Å². The monoisotopic (exact) mass is 1240 g/mol. The van der Waals surface area contributed by atoms with Crippen molar-refractivity contribution < 1.29 is 89.4 Å². The van der Waals surface area contributed by atoms with Gasteiger partial charge in [-0.15, -0.1) is 0 Å². The molecule has 0 bridgehead atoms. The molecule has 1 amide bonds. The van der Waals surface area contributed by atoms with Gasteiger partial charge in [-0.25, -0.2) is 0 Å². The molecule has 19 heteroatoms. The molecular weight excluding hydrogens is 1120 g/mol. The zero-order valence-electron chi connectivity index (χ0n) is 52.7. The first-order valence-corrected chi connectivity index (χ1v) is 33.3. The van der Waals surface area contributed by atoms with Crippen molar-refractivity contribution >= 4 is 5.91 Å². The molecule has 0 aromatic heterocycles. The average Bonchev–Trinajstić information content (AvgIpc) is 2.87. The molecule has 0 spiro atoms. The number of ether oxygens (including phenoxy) is 6. The van der Waals surface area contributed by atoms with E-state index in [4.69, 9.17) is 28.4 Å². The molecule has 0 aliphatic carbocycles. The van der Waals surface area contributed by atoms with Crippen LogP contribution >= 0.6 is 0 Å². The molecular formula is C68H117NO18. The van der Waals surface area contributed by atoms with Crippen LogP contribution in [-0.2, 0) is 33.2 Å². The number of aliphatic hydroxyl groups excluding tert-OH is 11. The fourth-order valence-corrected chi connectivity index (χ4v) is 10.8. The molecule has 3 rings (SSSR count). The molecule has 12 N–H and O–H groups in total. The van der Waals surface area contributed by atoms with Crippen LogP contribution in [0.5, 0.6) is 0 Å². The van der Waals surface area contributed by atoms with Crippen LogP contribution in [0.3, 0.4) is 0 Å². The van der Waals surface area contributed by atoms with E-state index in [1.165, 1.54) is 116 Å². The largest absolute Gasteiger partial charge is 0.394 e. The summed E-state index contributed by atoms with van der Waals surface area (Å²) in [6, 6.07) is -1.02. The van der Waals surface area contributed by atoms with Gasteiger partial charge >= 0.3 is 0 Å². The number of hydrogen-bond acceptors (Lipinski definition) is 18. The number of unbranched alkanes of at least 4 members (excludes halogenated alkanes) is 21. The normalized spacial score (nSPS) is 29.1. The van der Waals surface area contributed by atoms with Crippen molar-refractivity contribution in [2.45, 2.75) is 311 Å². The van der Waals surface area contributed by atoms with Gasteiger partial charge in [0, 0.05) is 6.42 Å². The van der Waals surface area contributed by atoms with Crippen LogP contribution in [0.1, 0.15) is 206 Å². The lowest BCUT2D eigenvalue weighted by Crippen LogP contribution is -2.66. The molecule has 0 aromatic rings. The Morgan fingerprint density at radius 1 is 0.425 bits per heavy atom. The van der Waals surface area contributed by atoms with Crippen LogP contribution in [-0.4, -0.2) is 193 Å². The molecule has 3 saturated heterocycles. The van der Waals surface area contributed by atoms with Gasteiger partial charge in [-0.05, 0) is 57.8 Å². The second kappa shape index (κ2) is 49.6. The molecule has 3 heterocycles. The Kier molecular flexibility index (Phi) is 44.6. The Labute approximate surface area is 520 Å². The van der Waals surface area contributed by atoms with E-state index in [2.05, 4.69) is 79.9 Å². The lowest BCUT2D eigenvalue weighted by atomic mass is 9.96. The number of carbonyl (C=O) groups is 1. The van der Waals surface area contributed by atoms with Crippen molar-refractivity contribution in [2.24, 2.45) is 0 Å². The van der Waals surface area contributed by atoms with Gasteiger partial charge in [-0.3, -0.25) is 4.79 Å². The van der Waals surface area contributed by atoms with Crippen molar-refractivity contribution in [3.63, 3.8) is 0 Å². The maximum Gasteiger partial charge on any atom is 0.220 e. The van der Waals surface area contributed by atoms with E-state index in [0.717, 1.165) is 57.8 Å². The van der Waals surface area contributed by atoms with Gasteiger partial charge in [-0.2, -0.15) is 0 Å². The smallest absolute Gasteiger partial charge is 0.220 e. The van der Waals surface area contributed by atoms with E-state index in [1.54, 1.807) is 6.08 Å². The molecule has 3 fully saturated rings. The second-order valence-electron chi connectivity index (χ2n) is 23.6. The number of hydrogen-bond donors (Lipinski definition) is 12. The Morgan fingerprint density at radius 3 is 1.22 bits per heavy atom. The highest BCUT2D eigenvalue weighted by atomic mass is 16.8. The average molecular weight is 1240 g/mol. The fourth-order valence-electron chi connectivity index (χ4n) is 10.8. The van der Waals surface area contributed by atoms with Crippen molar-refractivity contribution in [1.29, 1.82) is 0 Å². The summed E-state index contributed by atoms with van der Waals surface area (Å²) in [5.74, 6) is -0.359. The standard InChI is InChI=1S/C68H117NO18/c1-3-5-7-9-11-13-15-17-19-21-23-24-25-26-28-29-31-33-35-37-39-41-43-45-52(73)51(69-56(74)46-44-42-40-38-36-34-32-30-27-22-20-18-16-14-12-10-8-6-4-2)50-82-66-62(80)59(77)64(54(48-71)84-66)87-68-63(81)60(78)65(55(49-72)85-68)86-67-61(79)58(76)57(75)53(47-70)83-67/h6,8,12,14,18,20,27,30,34,36,40,42-43,45,51-55,57-68,70-73,75-81H,3-5,7,9-11,13,15-17,19,21-26,28-29,31-33,35,37-39,41,44,46-50H2,1-2H3,(H,69,74)/b8-6-,14-12-,20-18-,30-27-,36-34-,42-40-,45-43+. The van der Waals surface area contributed by atoms with Crippen LogP contribution in [0.25, 0.3) is 0 Å². The van der Waals surface area contributed by atoms with Crippen LogP contribution in [0.2, 0.25) is 0 Å². The number of aliphatic hydroxyl groups is 11. The van der Waals surface area contributed by atoms with E-state index < -0.39 is 124 Å². The van der Waals surface area contributed by atoms with E-state index in [0.29, 0.717) is 12.8 Å². The number of carbonyl (C=O) groups excluding carboxylic acids is 1. The van der Waals surface area contributed by atoms with Crippen molar-refractivity contribution in [3.8, 4) is 0 Å². The predicted octanol–water partition coefficient (Wildman–Crippen LogP) is 7.93. The van der Waals surface area contributed by atoms with Crippen LogP contribution < -0.4 is 5.32 Å². The molecule has 0 saturated carbocycles. The minimum atomic E-state index is -1.99. The van der Waals surface area contributed by atoms with Gasteiger partial charge < -0.3 is 89.9 Å². The molecule has 0 aromatic carbocycles. The Morgan fingerprint density at radius 2 is 0.793 bits per heavy atom. The molecule has 87 heavy (non-hydrogen) atoms. The lowest BCUT2D eigenvalue weighted by molar-refractivity contribution is -0.379. The van der Waals surface area contributed by atoms with E-state index >= 15 is 0 Å². The van der Waals surface area contributed by atoms with Crippen LogP contribution in [0, 0.1) is 0 Å². The van der Waals surface area contributed by atoms with Gasteiger partial charge in [0.15, 0.2) is 18.9 Å². The van der Waals surface area contributed by atoms with Gasteiger partial charge in [0.2, 0.25) is 5.91 Å². The summed E-state index contributed by atoms with van der Waals surface area (Å²) in [6.07, 6.45) is 35.7. The summed E-state index contributed by atoms with van der Waals surface area (Å²) in [5, 5.41) is 120. The highest BCUT2D eigenvalue weighted by molar-refractivity contribution is 5.76.